The molecule has 0 aliphatic rings. The minimum absolute atomic E-state index is 0.0179. The Kier molecular flexibility index (Phi) is 5.55. The van der Waals surface area contributed by atoms with E-state index < -0.39 is 0 Å². The number of amides is 1. The molecular weight excluding hydrogens is 296 g/mol. The van der Waals surface area contributed by atoms with E-state index in [1.165, 1.54) is 0 Å². The van der Waals surface area contributed by atoms with Gasteiger partial charge in [-0.3, -0.25) is 4.79 Å². The standard InChI is InChI=1S/C17H22N2O2S/c1-5-12(2)19(4)17(20)14-7-6-8-16(9-14)21-10-15-11-22-13(3)18-15/h6-9,11-12H,5,10H2,1-4H3. The number of thiazole rings is 1. The monoisotopic (exact) mass is 318 g/mol. The summed E-state index contributed by atoms with van der Waals surface area (Å²) in [6.45, 7) is 6.51. The highest BCUT2D eigenvalue weighted by atomic mass is 32.1. The van der Waals surface area contributed by atoms with Crippen LogP contribution in [0.4, 0.5) is 0 Å². The first-order valence-electron chi connectivity index (χ1n) is 7.42. The molecule has 0 aliphatic heterocycles. The van der Waals surface area contributed by atoms with Crippen LogP contribution < -0.4 is 4.74 Å². The molecule has 0 N–H and O–H groups in total. The Balaban J connectivity index is 2.04. The maximum Gasteiger partial charge on any atom is 0.253 e. The molecule has 0 saturated carbocycles. The van der Waals surface area contributed by atoms with E-state index in [-0.39, 0.29) is 11.9 Å². The van der Waals surface area contributed by atoms with E-state index in [1.54, 1.807) is 22.3 Å². The topological polar surface area (TPSA) is 42.4 Å². The minimum atomic E-state index is 0.0179. The van der Waals surface area contributed by atoms with Crippen LogP contribution in [0.1, 0.15) is 41.3 Å². The van der Waals surface area contributed by atoms with E-state index in [9.17, 15) is 4.79 Å². The quantitative estimate of drug-likeness (QED) is 0.811. The first-order chi connectivity index (χ1) is 10.5. The van der Waals surface area contributed by atoms with Gasteiger partial charge in [0.1, 0.15) is 12.4 Å². The largest absolute Gasteiger partial charge is 0.487 e. The van der Waals surface area contributed by atoms with Crippen LogP contribution >= 0.6 is 11.3 Å². The molecule has 0 fully saturated rings. The molecule has 1 amide bonds. The van der Waals surface area contributed by atoms with Crippen molar-refractivity contribution >= 4 is 17.2 Å². The molecular formula is C17H22N2O2S. The Labute approximate surface area is 135 Å². The van der Waals surface area contributed by atoms with Crippen molar-refractivity contribution in [1.29, 1.82) is 0 Å². The fraction of sp³-hybridized carbons (Fsp3) is 0.412. The predicted octanol–water partition coefficient (Wildman–Crippen LogP) is 3.90. The van der Waals surface area contributed by atoms with Crippen molar-refractivity contribution in [2.75, 3.05) is 7.05 Å². The van der Waals surface area contributed by atoms with Crippen molar-refractivity contribution in [2.45, 2.75) is 39.8 Å². The van der Waals surface area contributed by atoms with Crippen LogP contribution in [0.25, 0.3) is 0 Å². The number of rotatable bonds is 6. The summed E-state index contributed by atoms with van der Waals surface area (Å²) >= 11 is 1.61. The lowest BCUT2D eigenvalue weighted by atomic mass is 10.1. The van der Waals surface area contributed by atoms with E-state index in [0.29, 0.717) is 17.9 Å². The van der Waals surface area contributed by atoms with Crippen LogP contribution in [0.3, 0.4) is 0 Å². The van der Waals surface area contributed by atoms with Crippen molar-refractivity contribution in [3.63, 3.8) is 0 Å². The van der Waals surface area contributed by atoms with E-state index in [0.717, 1.165) is 17.1 Å². The SMILES string of the molecule is CCC(C)N(C)C(=O)c1cccc(OCc2csc(C)n2)c1. The third kappa shape index (κ3) is 4.07. The highest BCUT2D eigenvalue weighted by molar-refractivity contribution is 7.09. The molecule has 0 spiro atoms. The summed E-state index contributed by atoms with van der Waals surface area (Å²) in [5.74, 6) is 0.707. The van der Waals surface area contributed by atoms with Crippen molar-refractivity contribution in [2.24, 2.45) is 0 Å². The van der Waals surface area contributed by atoms with Crippen molar-refractivity contribution < 1.29 is 9.53 Å². The zero-order chi connectivity index (χ0) is 16.1. The van der Waals surface area contributed by atoms with E-state index in [2.05, 4.69) is 11.9 Å². The predicted molar refractivity (Wildman–Crippen MR) is 89.5 cm³/mol. The number of hydrogen-bond donors (Lipinski definition) is 0. The normalized spacial score (nSPS) is 12.0. The number of benzene rings is 1. The number of nitrogens with zero attached hydrogens (tertiary/aromatic N) is 2. The fourth-order valence-corrected chi connectivity index (χ4v) is 2.63. The number of carbonyl (C=O) groups excluding carboxylic acids is 1. The Morgan fingerprint density at radius 1 is 1.45 bits per heavy atom. The van der Waals surface area contributed by atoms with Gasteiger partial charge in [-0.15, -0.1) is 11.3 Å². The molecule has 0 radical (unpaired) electrons. The van der Waals surface area contributed by atoms with Gasteiger partial charge in [0.15, 0.2) is 0 Å². The summed E-state index contributed by atoms with van der Waals surface area (Å²) in [5, 5.41) is 3.01. The molecule has 0 saturated heterocycles. The molecule has 1 aromatic carbocycles. The number of carbonyl (C=O) groups is 1. The van der Waals surface area contributed by atoms with Gasteiger partial charge < -0.3 is 9.64 Å². The number of aryl methyl sites for hydroxylation is 1. The van der Waals surface area contributed by atoms with Crippen LogP contribution in [-0.4, -0.2) is 28.9 Å². The molecule has 4 nitrogen and oxygen atoms in total. The molecule has 1 heterocycles. The maximum absolute atomic E-state index is 12.4. The van der Waals surface area contributed by atoms with Gasteiger partial charge in [0, 0.05) is 24.0 Å². The summed E-state index contributed by atoms with van der Waals surface area (Å²) in [4.78, 5) is 18.6. The Morgan fingerprint density at radius 3 is 2.86 bits per heavy atom. The molecule has 1 aromatic heterocycles. The van der Waals surface area contributed by atoms with Gasteiger partial charge in [0.25, 0.3) is 5.91 Å². The molecule has 0 bridgehead atoms. The summed E-state index contributed by atoms with van der Waals surface area (Å²) in [5.41, 5.74) is 1.56. The first-order valence-corrected chi connectivity index (χ1v) is 8.30. The van der Waals surface area contributed by atoms with Gasteiger partial charge in [-0.25, -0.2) is 4.98 Å². The van der Waals surface area contributed by atoms with Crippen molar-refractivity contribution in [3.05, 3.63) is 45.9 Å². The summed E-state index contributed by atoms with van der Waals surface area (Å²) in [7, 11) is 1.84. The van der Waals surface area contributed by atoms with Crippen LogP contribution in [0.15, 0.2) is 29.6 Å². The Morgan fingerprint density at radius 2 is 2.23 bits per heavy atom. The third-order valence-corrected chi connectivity index (χ3v) is 4.53. The number of ether oxygens (including phenoxy) is 1. The smallest absolute Gasteiger partial charge is 0.253 e. The van der Waals surface area contributed by atoms with Crippen LogP contribution in [0.5, 0.6) is 5.75 Å². The van der Waals surface area contributed by atoms with Crippen molar-refractivity contribution in [1.82, 2.24) is 9.88 Å². The lowest BCUT2D eigenvalue weighted by molar-refractivity contribution is 0.0740. The minimum Gasteiger partial charge on any atom is -0.487 e. The fourth-order valence-electron chi connectivity index (χ4n) is 2.03. The van der Waals surface area contributed by atoms with E-state index in [1.807, 2.05) is 44.5 Å². The van der Waals surface area contributed by atoms with Gasteiger partial charge in [0.2, 0.25) is 0 Å². The molecule has 118 valence electrons. The second-order valence-corrected chi connectivity index (χ2v) is 6.41. The summed E-state index contributed by atoms with van der Waals surface area (Å²) < 4.78 is 5.74. The van der Waals surface area contributed by atoms with Crippen LogP contribution in [0.2, 0.25) is 0 Å². The molecule has 1 atom stereocenters. The van der Waals surface area contributed by atoms with Gasteiger partial charge in [0.05, 0.1) is 10.7 Å². The van der Waals surface area contributed by atoms with Gasteiger partial charge in [-0.05, 0) is 38.5 Å². The molecule has 2 rings (SSSR count). The summed E-state index contributed by atoms with van der Waals surface area (Å²) in [6.07, 6.45) is 0.932. The van der Waals surface area contributed by atoms with E-state index >= 15 is 0 Å². The van der Waals surface area contributed by atoms with Crippen molar-refractivity contribution in [3.8, 4) is 5.75 Å². The Hall–Kier alpha value is -1.88. The lowest BCUT2D eigenvalue weighted by Crippen LogP contribution is -2.34. The lowest BCUT2D eigenvalue weighted by Gasteiger charge is -2.24. The molecule has 2 aromatic rings. The summed E-state index contributed by atoms with van der Waals surface area (Å²) in [6, 6.07) is 7.54. The highest BCUT2D eigenvalue weighted by Crippen LogP contribution is 2.18. The number of aromatic nitrogens is 1. The molecule has 1 unspecified atom stereocenters. The highest BCUT2D eigenvalue weighted by Gasteiger charge is 2.16. The van der Waals surface area contributed by atoms with Crippen LogP contribution in [-0.2, 0) is 6.61 Å². The Bertz CT molecular complexity index is 639. The zero-order valence-electron chi connectivity index (χ0n) is 13.5. The van der Waals surface area contributed by atoms with Crippen LogP contribution in [0, 0.1) is 6.92 Å². The molecule has 5 heteroatoms. The van der Waals surface area contributed by atoms with Gasteiger partial charge in [-0.2, -0.15) is 0 Å². The number of hydrogen-bond acceptors (Lipinski definition) is 4. The van der Waals surface area contributed by atoms with Gasteiger partial charge >= 0.3 is 0 Å². The second kappa shape index (κ2) is 7.40. The molecule has 22 heavy (non-hydrogen) atoms. The maximum atomic E-state index is 12.4. The first kappa shape index (κ1) is 16.5. The second-order valence-electron chi connectivity index (χ2n) is 5.35. The zero-order valence-corrected chi connectivity index (χ0v) is 14.3. The molecule has 0 aliphatic carbocycles. The average Bonchev–Trinajstić information content (AvgIpc) is 2.96. The average molecular weight is 318 g/mol. The third-order valence-electron chi connectivity index (χ3n) is 3.71. The van der Waals surface area contributed by atoms with E-state index in [4.69, 9.17) is 4.74 Å². The van der Waals surface area contributed by atoms with Gasteiger partial charge in [-0.1, -0.05) is 13.0 Å².